The first-order chi connectivity index (χ1) is 14.3. The van der Waals surface area contributed by atoms with E-state index in [4.69, 9.17) is 4.74 Å². The largest absolute Gasteiger partial charge is 0.494 e. The number of nitrogens with zero attached hydrogens (tertiary/aromatic N) is 2. The summed E-state index contributed by atoms with van der Waals surface area (Å²) in [6.07, 6.45) is -4.66. The number of thioether (sulfide) groups is 1. The Balaban J connectivity index is 2.02. The molecule has 154 valence electrons. The molecule has 0 radical (unpaired) electrons. The summed E-state index contributed by atoms with van der Waals surface area (Å²) in [7, 11) is 0. The molecule has 1 aromatic heterocycles. The Morgan fingerprint density at radius 2 is 1.73 bits per heavy atom. The van der Waals surface area contributed by atoms with E-state index in [1.165, 1.54) is 0 Å². The van der Waals surface area contributed by atoms with Crippen LogP contribution in [-0.2, 0) is 11.9 Å². The smallest absolute Gasteiger partial charge is 0.417 e. The van der Waals surface area contributed by atoms with Gasteiger partial charge in [-0.3, -0.25) is 0 Å². The van der Waals surface area contributed by atoms with Crippen LogP contribution in [0.2, 0.25) is 0 Å². The van der Waals surface area contributed by atoms with Crippen LogP contribution in [0.15, 0.2) is 59.6 Å². The number of pyridine rings is 1. The summed E-state index contributed by atoms with van der Waals surface area (Å²) in [5.41, 5.74) is 1.29. The molecule has 2 aromatic carbocycles. The van der Waals surface area contributed by atoms with E-state index in [1.54, 1.807) is 30.3 Å². The van der Waals surface area contributed by atoms with Gasteiger partial charge in [-0.1, -0.05) is 29.8 Å². The molecule has 3 nitrogen and oxygen atoms in total. The molecule has 0 unspecified atom stereocenters. The standard InChI is InChI=1S/C23H19F3N2OS/c1-3-29-18-10-8-17(9-11-18)21-12-20(23(24,25)26)19(13-27)22(28-21)30-14-16-6-4-15(2)5-7-16/h4-12H,3,14H2,1-2H3. The van der Waals surface area contributed by atoms with Crippen molar-refractivity contribution < 1.29 is 17.9 Å². The van der Waals surface area contributed by atoms with Crippen LogP contribution in [0.4, 0.5) is 13.2 Å². The highest BCUT2D eigenvalue weighted by atomic mass is 32.2. The first-order valence-corrected chi connectivity index (χ1v) is 10.2. The third-order valence-electron chi connectivity index (χ3n) is 4.36. The summed E-state index contributed by atoms with van der Waals surface area (Å²) in [5.74, 6) is 1.03. The second-order valence-corrected chi connectivity index (χ2v) is 7.54. The molecule has 0 aliphatic heterocycles. The van der Waals surface area contributed by atoms with Crippen LogP contribution in [0.25, 0.3) is 11.3 Å². The van der Waals surface area contributed by atoms with Gasteiger partial charge in [0.05, 0.1) is 23.4 Å². The van der Waals surface area contributed by atoms with Crippen molar-refractivity contribution in [3.8, 4) is 23.1 Å². The lowest BCUT2D eigenvalue weighted by Crippen LogP contribution is -2.10. The highest BCUT2D eigenvalue weighted by Gasteiger charge is 2.36. The van der Waals surface area contributed by atoms with Crippen molar-refractivity contribution in [2.45, 2.75) is 30.8 Å². The molecule has 30 heavy (non-hydrogen) atoms. The molecule has 0 spiro atoms. The predicted molar refractivity (Wildman–Crippen MR) is 111 cm³/mol. The van der Waals surface area contributed by atoms with Crippen LogP contribution in [0.3, 0.4) is 0 Å². The quantitative estimate of drug-likeness (QED) is 0.413. The van der Waals surface area contributed by atoms with Gasteiger partial charge in [-0.15, -0.1) is 11.8 Å². The normalized spacial score (nSPS) is 11.2. The average Bonchev–Trinajstić information content (AvgIpc) is 2.73. The zero-order chi connectivity index (χ0) is 21.7. The highest BCUT2D eigenvalue weighted by molar-refractivity contribution is 7.98. The fourth-order valence-corrected chi connectivity index (χ4v) is 3.79. The van der Waals surface area contributed by atoms with E-state index < -0.39 is 17.3 Å². The van der Waals surface area contributed by atoms with Crippen molar-refractivity contribution in [2.24, 2.45) is 0 Å². The van der Waals surface area contributed by atoms with Crippen LogP contribution >= 0.6 is 11.8 Å². The van der Waals surface area contributed by atoms with Crippen molar-refractivity contribution in [1.82, 2.24) is 4.98 Å². The summed E-state index contributed by atoms with van der Waals surface area (Å²) < 4.78 is 46.4. The molecule has 0 saturated carbocycles. The zero-order valence-corrected chi connectivity index (χ0v) is 17.3. The molecular formula is C23H19F3N2OS. The molecule has 3 rings (SSSR count). The second kappa shape index (κ2) is 9.23. The van der Waals surface area contributed by atoms with Crippen LogP contribution in [0, 0.1) is 18.3 Å². The number of halogens is 3. The van der Waals surface area contributed by atoms with Gasteiger partial charge in [0.15, 0.2) is 0 Å². The Morgan fingerprint density at radius 1 is 1.07 bits per heavy atom. The van der Waals surface area contributed by atoms with E-state index in [1.807, 2.05) is 38.1 Å². The maximum Gasteiger partial charge on any atom is 0.417 e. The van der Waals surface area contributed by atoms with Crippen LogP contribution in [0.5, 0.6) is 5.75 Å². The Kier molecular flexibility index (Phi) is 6.68. The van der Waals surface area contributed by atoms with Crippen molar-refractivity contribution in [3.05, 3.63) is 76.9 Å². The SMILES string of the molecule is CCOc1ccc(-c2cc(C(F)(F)F)c(C#N)c(SCc3ccc(C)cc3)n2)cc1. The molecule has 0 aliphatic rings. The van der Waals surface area contributed by atoms with Crippen molar-refractivity contribution >= 4 is 11.8 Å². The van der Waals surface area contributed by atoms with Gasteiger partial charge in [0, 0.05) is 11.3 Å². The summed E-state index contributed by atoms with van der Waals surface area (Å²) in [6.45, 7) is 4.30. The van der Waals surface area contributed by atoms with Crippen molar-refractivity contribution in [1.29, 1.82) is 5.26 Å². The van der Waals surface area contributed by atoms with Crippen LogP contribution in [0.1, 0.15) is 29.2 Å². The van der Waals surface area contributed by atoms with E-state index in [9.17, 15) is 18.4 Å². The maximum absolute atomic E-state index is 13.7. The third kappa shape index (κ3) is 5.14. The van der Waals surface area contributed by atoms with E-state index in [2.05, 4.69) is 4.98 Å². The molecule has 0 fully saturated rings. The van der Waals surface area contributed by atoms with Crippen molar-refractivity contribution in [3.63, 3.8) is 0 Å². The Labute approximate surface area is 177 Å². The molecule has 0 atom stereocenters. The second-order valence-electron chi connectivity index (χ2n) is 6.58. The summed E-state index contributed by atoms with van der Waals surface area (Å²) in [4.78, 5) is 4.40. The maximum atomic E-state index is 13.7. The lowest BCUT2D eigenvalue weighted by atomic mass is 10.1. The monoisotopic (exact) mass is 428 g/mol. The average molecular weight is 428 g/mol. The molecule has 0 bridgehead atoms. The number of hydrogen-bond acceptors (Lipinski definition) is 4. The van der Waals surface area contributed by atoms with Crippen LogP contribution < -0.4 is 4.74 Å². The van der Waals surface area contributed by atoms with Crippen molar-refractivity contribution in [2.75, 3.05) is 6.61 Å². The van der Waals surface area contributed by atoms with Gasteiger partial charge in [-0.25, -0.2) is 4.98 Å². The van der Waals surface area contributed by atoms with E-state index >= 15 is 0 Å². The minimum Gasteiger partial charge on any atom is -0.494 e. The highest BCUT2D eigenvalue weighted by Crippen LogP contribution is 2.38. The van der Waals surface area contributed by atoms with Gasteiger partial charge >= 0.3 is 6.18 Å². The number of nitriles is 1. The molecule has 3 aromatic rings. The van der Waals surface area contributed by atoms with Gasteiger partial charge in [-0.05, 0) is 49.7 Å². The van der Waals surface area contributed by atoms with Gasteiger partial charge in [0.1, 0.15) is 16.8 Å². The minimum absolute atomic E-state index is 0.0665. The number of alkyl halides is 3. The number of aromatic nitrogens is 1. The number of rotatable bonds is 6. The molecular weight excluding hydrogens is 409 g/mol. The van der Waals surface area contributed by atoms with Crippen LogP contribution in [-0.4, -0.2) is 11.6 Å². The molecule has 7 heteroatoms. The number of aryl methyl sites for hydroxylation is 1. The predicted octanol–water partition coefficient (Wildman–Crippen LogP) is 6.64. The van der Waals surface area contributed by atoms with Gasteiger partial charge in [0.25, 0.3) is 0 Å². The fourth-order valence-electron chi connectivity index (χ4n) is 2.83. The number of benzene rings is 2. The summed E-state index contributed by atoms with van der Waals surface area (Å²) >= 11 is 1.12. The number of ether oxygens (including phenoxy) is 1. The zero-order valence-electron chi connectivity index (χ0n) is 16.5. The Bertz CT molecular complexity index is 1060. The first-order valence-electron chi connectivity index (χ1n) is 9.25. The van der Waals surface area contributed by atoms with Gasteiger partial charge in [0.2, 0.25) is 0 Å². The minimum atomic E-state index is -4.66. The first kappa shape index (κ1) is 21.7. The molecule has 0 amide bonds. The lowest BCUT2D eigenvalue weighted by molar-refractivity contribution is -0.138. The van der Waals surface area contributed by atoms with E-state index in [0.29, 0.717) is 23.7 Å². The summed E-state index contributed by atoms with van der Waals surface area (Å²) in [6, 6.07) is 17.0. The lowest BCUT2D eigenvalue weighted by Gasteiger charge is -2.14. The molecule has 1 heterocycles. The van der Waals surface area contributed by atoms with Gasteiger partial charge < -0.3 is 4.74 Å². The van der Waals surface area contributed by atoms with E-state index in [-0.39, 0.29) is 10.7 Å². The van der Waals surface area contributed by atoms with Gasteiger partial charge in [-0.2, -0.15) is 18.4 Å². The molecule has 0 N–H and O–H groups in total. The summed E-state index contributed by atoms with van der Waals surface area (Å²) in [5, 5.41) is 9.50. The topological polar surface area (TPSA) is 45.9 Å². The number of hydrogen-bond donors (Lipinski definition) is 0. The Morgan fingerprint density at radius 3 is 2.30 bits per heavy atom. The van der Waals surface area contributed by atoms with E-state index in [0.717, 1.165) is 29.0 Å². The fraction of sp³-hybridized carbons (Fsp3) is 0.217. The third-order valence-corrected chi connectivity index (χ3v) is 5.41. The molecule has 0 saturated heterocycles. The Hall–Kier alpha value is -2.98. The molecule has 0 aliphatic carbocycles.